The lowest BCUT2D eigenvalue weighted by molar-refractivity contribution is 0.0697. The van der Waals surface area contributed by atoms with Gasteiger partial charge in [-0.1, -0.05) is 6.07 Å². The van der Waals surface area contributed by atoms with E-state index in [1.54, 1.807) is 24.3 Å². The summed E-state index contributed by atoms with van der Waals surface area (Å²) in [4.78, 5) is 37.2. The number of hydrogen-bond donors (Lipinski definition) is 4. The van der Waals surface area contributed by atoms with Crippen molar-refractivity contribution in [3.8, 4) is 28.2 Å². The summed E-state index contributed by atoms with van der Waals surface area (Å²) in [5, 5.41) is 23.5. The third kappa shape index (κ3) is 4.36. The first-order chi connectivity index (χ1) is 16.8. The number of rotatable bonds is 4. The minimum absolute atomic E-state index is 0.00726. The Bertz CT molecular complexity index is 1480. The molecule has 0 atom stereocenters. The number of nitrogens with two attached hydrogens (primary N) is 1. The molecule has 0 radical (unpaired) electrons. The van der Waals surface area contributed by atoms with Crippen LogP contribution in [-0.4, -0.2) is 34.2 Å². The van der Waals surface area contributed by atoms with E-state index in [4.69, 9.17) is 10.2 Å². The van der Waals surface area contributed by atoms with Gasteiger partial charge in [0.15, 0.2) is 5.43 Å². The summed E-state index contributed by atoms with van der Waals surface area (Å²) >= 11 is 0. The molecule has 1 saturated carbocycles. The second kappa shape index (κ2) is 8.88. The maximum Gasteiger partial charge on any atom is 0.336 e. The molecule has 8 heteroatoms. The average Bonchev–Trinajstić information content (AvgIpc) is 2.83. The van der Waals surface area contributed by atoms with Crippen LogP contribution in [0.5, 0.6) is 5.75 Å². The minimum Gasteiger partial charge on any atom is -0.508 e. The molecule has 0 saturated heterocycles. The Morgan fingerprint density at radius 3 is 2.43 bits per heavy atom. The van der Waals surface area contributed by atoms with Crippen molar-refractivity contribution in [1.82, 2.24) is 5.32 Å². The Morgan fingerprint density at radius 2 is 1.69 bits per heavy atom. The molecule has 0 unspecified atom stereocenters. The van der Waals surface area contributed by atoms with Gasteiger partial charge in [0.25, 0.3) is 5.91 Å². The van der Waals surface area contributed by atoms with Gasteiger partial charge in [-0.25, -0.2) is 4.79 Å². The molecule has 35 heavy (non-hydrogen) atoms. The Morgan fingerprint density at radius 1 is 0.943 bits per heavy atom. The summed E-state index contributed by atoms with van der Waals surface area (Å²) in [6, 6.07) is 13.5. The maximum atomic E-state index is 12.9. The minimum atomic E-state index is -1.19. The normalized spacial score (nSPS) is 18.0. The number of carbonyl (C=O) groups is 2. The van der Waals surface area contributed by atoms with Gasteiger partial charge in [0.1, 0.15) is 17.1 Å². The number of phenols is 1. The van der Waals surface area contributed by atoms with Crippen LogP contribution < -0.4 is 16.5 Å². The molecule has 0 spiro atoms. The molecule has 5 rings (SSSR count). The van der Waals surface area contributed by atoms with Gasteiger partial charge in [0, 0.05) is 46.3 Å². The summed E-state index contributed by atoms with van der Waals surface area (Å²) in [5.41, 5.74) is 7.61. The number of carboxylic acids is 1. The SMILES string of the molecule is NC1CCC(NC(=O)c2ccc(-c3c4ccc(=O)cc-4oc4cc(O)ccc34)c(C(=O)O)c2)CC1. The topological polar surface area (TPSA) is 143 Å². The molecule has 1 aliphatic heterocycles. The van der Waals surface area contributed by atoms with E-state index in [1.807, 2.05) is 0 Å². The summed E-state index contributed by atoms with van der Waals surface area (Å²) in [6.07, 6.45) is 3.25. The highest BCUT2D eigenvalue weighted by molar-refractivity contribution is 6.09. The molecule has 1 amide bonds. The molecule has 5 N–H and O–H groups in total. The number of aromatic carboxylic acids is 1. The lowest BCUT2D eigenvalue weighted by Crippen LogP contribution is -2.40. The van der Waals surface area contributed by atoms with Crippen LogP contribution in [0.25, 0.3) is 33.4 Å². The average molecular weight is 472 g/mol. The monoisotopic (exact) mass is 472 g/mol. The number of carbonyl (C=O) groups excluding carboxylic acids is 1. The quantitative estimate of drug-likeness (QED) is 0.329. The van der Waals surface area contributed by atoms with Crippen molar-refractivity contribution in [1.29, 1.82) is 0 Å². The van der Waals surface area contributed by atoms with Crippen LogP contribution in [0.1, 0.15) is 46.4 Å². The van der Waals surface area contributed by atoms with E-state index in [1.165, 1.54) is 30.3 Å². The number of benzene rings is 3. The van der Waals surface area contributed by atoms with Gasteiger partial charge in [0.05, 0.1) is 5.56 Å². The molecule has 0 aromatic heterocycles. The number of nitrogens with one attached hydrogen (secondary N) is 1. The summed E-state index contributed by atoms with van der Waals surface area (Å²) in [5.74, 6) is -1.30. The Hall–Kier alpha value is -4.17. The molecular weight excluding hydrogens is 448 g/mol. The molecular formula is C27H24N2O6. The van der Waals surface area contributed by atoms with Gasteiger partial charge in [-0.05, 0) is 67.6 Å². The van der Waals surface area contributed by atoms with Crippen molar-refractivity contribution in [2.45, 2.75) is 37.8 Å². The fourth-order valence-electron chi connectivity index (χ4n) is 4.76. The summed E-state index contributed by atoms with van der Waals surface area (Å²) < 4.78 is 5.84. The number of phenolic OH excluding ortho intramolecular Hbond substituents is 1. The van der Waals surface area contributed by atoms with Crippen LogP contribution in [0.15, 0.2) is 63.8 Å². The highest BCUT2D eigenvalue weighted by atomic mass is 16.4. The highest BCUT2D eigenvalue weighted by Gasteiger charge is 2.25. The number of hydrogen-bond acceptors (Lipinski definition) is 6. The van der Waals surface area contributed by atoms with Crippen molar-refractivity contribution in [3.05, 3.63) is 75.9 Å². The maximum absolute atomic E-state index is 12.9. The fourth-order valence-corrected chi connectivity index (χ4v) is 4.76. The second-order valence-corrected chi connectivity index (χ2v) is 8.97. The molecule has 2 aliphatic carbocycles. The van der Waals surface area contributed by atoms with Gasteiger partial charge in [-0.2, -0.15) is 0 Å². The number of carboxylic acid groups (broad SMARTS) is 1. The van der Waals surface area contributed by atoms with Crippen LogP contribution in [0.4, 0.5) is 0 Å². The zero-order valence-corrected chi connectivity index (χ0v) is 18.8. The van der Waals surface area contributed by atoms with Crippen LogP contribution in [0.2, 0.25) is 0 Å². The number of fused-ring (bicyclic) bond motifs is 2. The van der Waals surface area contributed by atoms with Crippen molar-refractivity contribution in [3.63, 3.8) is 0 Å². The van der Waals surface area contributed by atoms with Crippen molar-refractivity contribution in [2.24, 2.45) is 5.73 Å². The molecule has 3 aliphatic rings. The first kappa shape index (κ1) is 22.6. The molecule has 1 fully saturated rings. The van der Waals surface area contributed by atoms with Gasteiger partial charge in [-0.3, -0.25) is 9.59 Å². The molecule has 0 bridgehead atoms. The smallest absolute Gasteiger partial charge is 0.336 e. The van der Waals surface area contributed by atoms with Crippen LogP contribution >= 0.6 is 0 Å². The van der Waals surface area contributed by atoms with Gasteiger partial charge in [0.2, 0.25) is 0 Å². The largest absolute Gasteiger partial charge is 0.508 e. The zero-order chi connectivity index (χ0) is 24.7. The van der Waals surface area contributed by atoms with E-state index in [-0.39, 0.29) is 46.1 Å². The second-order valence-electron chi connectivity index (χ2n) is 8.97. The van der Waals surface area contributed by atoms with Crippen molar-refractivity contribution < 1.29 is 24.2 Å². The predicted octanol–water partition coefficient (Wildman–Crippen LogP) is 3.97. The molecule has 8 nitrogen and oxygen atoms in total. The molecule has 2 aromatic carbocycles. The third-order valence-corrected chi connectivity index (χ3v) is 6.57. The van der Waals surface area contributed by atoms with Gasteiger partial charge in [-0.15, -0.1) is 0 Å². The molecule has 1 heterocycles. The molecule has 178 valence electrons. The highest BCUT2D eigenvalue weighted by Crippen LogP contribution is 2.42. The van der Waals surface area contributed by atoms with E-state index in [0.29, 0.717) is 27.7 Å². The van der Waals surface area contributed by atoms with E-state index < -0.39 is 5.97 Å². The van der Waals surface area contributed by atoms with E-state index in [0.717, 1.165) is 25.7 Å². The standard InChI is InChI=1S/C27H24N2O6/c28-15-2-4-16(5-3-15)29-26(32)14-1-8-19(22(11-14)27(33)34)25-20-9-6-17(30)12-23(20)35-24-13-18(31)7-10-21(24)25/h1,6-13,15-16,30H,2-5,28H2,(H,29,32)(H,33,34). The first-order valence-corrected chi connectivity index (χ1v) is 11.4. The summed E-state index contributed by atoms with van der Waals surface area (Å²) in [7, 11) is 0. The molecule has 2 aromatic rings. The predicted molar refractivity (Wildman–Crippen MR) is 131 cm³/mol. The zero-order valence-electron chi connectivity index (χ0n) is 18.8. The lowest BCUT2D eigenvalue weighted by atomic mass is 9.89. The van der Waals surface area contributed by atoms with Crippen molar-refractivity contribution >= 4 is 22.8 Å². The van der Waals surface area contributed by atoms with Gasteiger partial charge < -0.3 is 25.7 Å². The Labute approximate surface area is 200 Å². The van der Waals surface area contributed by atoms with Crippen LogP contribution in [0.3, 0.4) is 0 Å². The first-order valence-electron chi connectivity index (χ1n) is 11.4. The van der Waals surface area contributed by atoms with E-state index >= 15 is 0 Å². The fraction of sp³-hybridized carbons (Fsp3) is 0.222. The van der Waals surface area contributed by atoms with Crippen LogP contribution in [-0.2, 0) is 0 Å². The third-order valence-electron chi connectivity index (χ3n) is 6.57. The van der Waals surface area contributed by atoms with Gasteiger partial charge >= 0.3 is 5.97 Å². The number of amides is 1. The van der Waals surface area contributed by atoms with E-state index in [2.05, 4.69) is 5.32 Å². The Balaban J connectivity index is 1.63. The van der Waals surface area contributed by atoms with E-state index in [9.17, 15) is 24.6 Å². The number of aromatic hydroxyl groups is 1. The Kier molecular flexibility index (Phi) is 5.74. The van der Waals surface area contributed by atoms with Crippen LogP contribution in [0, 0.1) is 0 Å². The lowest BCUT2D eigenvalue weighted by Gasteiger charge is -2.27. The van der Waals surface area contributed by atoms with Crippen molar-refractivity contribution in [2.75, 3.05) is 0 Å². The summed E-state index contributed by atoms with van der Waals surface area (Å²) in [6.45, 7) is 0.